The molecule has 33 heavy (non-hydrogen) atoms. The maximum atomic E-state index is 12.8. The minimum absolute atomic E-state index is 0.205. The largest absolute Gasteiger partial charge is 0.465 e. The first-order chi connectivity index (χ1) is 16.0. The standard InChI is InChI=1S/C25H20N4O4/c30-23(18-7-5-6-17(14-18)20-8-1-2-11-26-20)16-24(31)27-22-15-19(29-12-3-4-13-29)9-10-21(22)28-25(32)33/h1-15,28H,16H2,(H,27,31)(H,32,33). The van der Waals surface area contributed by atoms with Gasteiger partial charge in [0.1, 0.15) is 0 Å². The van der Waals surface area contributed by atoms with Crippen molar-refractivity contribution < 1.29 is 19.5 Å². The number of aromatic nitrogens is 2. The first-order valence-electron chi connectivity index (χ1n) is 10.1. The highest BCUT2D eigenvalue weighted by atomic mass is 16.4. The third-order valence-electron chi connectivity index (χ3n) is 4.89. The van der Waals surface area contributed by atoms with Crippen molar-refractivity contribution in [3.63, 3.8) is 0 Å². The van der Waals surface area contributed by atoms with Gasteiger partial charge < -0.3 is 15.0 Å². The maximum Gasteiger partial charge on any atom is 0.409 e. The van der Waals surface area contributed by atoms with Gasteiger partial charge in [-0.2, -0.15) is 0 Å². The minimum Gasteiger partial charge on any atom is -0.465 e. The van der Waals surface area contributed by atoms with Crippen LogP contribution in [0.2, 0.25) is 0 Å². The van der Waals surface area contributed by atoms with E-state index in [1.54, 1.807) is 42.6 Å². The third kappa shape index (κ3) is 5.31. The van der Waals surface area contributed by atoms with Gasteiger partial charge in [0.25, 0.3) is 0 Å². The number of anilines is 2. The van der Waals surface area contributed by atoms with Crippen LogP contribution in [0.25, 0.3) is 16.9 Å². The van der Waals surface area contributed by atoms with Gasteiger partial charge in [0.2, 0.25) is 5.91 Å². The summed E-state index contributed by atoms with van der Waals surface area (Å²) in [6.07, 6.45) is 3.65. The Balaban J connectivity index is 1.52. The smallest absolute Gasteiger partial charge is 0.409 e. The van der Waals surface area contributed by atoms with E-state index in [0.717, 1.165) is 16.9 Å². The summed E-state index contributed by atoms with van der Waals surface area (Å²) in [7, 11) is 0. The van der Waals surface area contributed by atoms with Gasteiger partial charge in [0.05, 0.1) is 23.5 Å². The fourth-order valence-electron chi connectivity index (χ4n) is 3.35. The van der Waals surface area contributed by atoms with Crippen LogP contribution in [-0.4, -0.2) is 32.4 Å². The Labute approximate surface area is 189 Å². The molecule has 0 spiro atoms. The van der Waals surface area contributed by atoms with Crippen LogP contribution in [0.5, 0.6) is 0 Å². The summed E-state index contributed by atoms with van der Waals surface area (Å²) < 4.78 is 1.81. The molecule has 2 amide bonds. The van der Waals surface area contributed by atoms with Gasteiger partial charge in [-0.15, -0.1) is 0 Å². The first kappa shape index (κ1) is 21.5. The molecule has 164 valence electrons. The van der Waals surface area contributed by atoms with Gasteiger partial charge in [-0.3, -0.25) is 19.9 Å². The fraction of sp³-hybridized carbons (Fsp3) is 0.0400. The van der Waals surface area contributed by atoms with Gasteiger partial charge in [-0.05, 0) is 48.5 Å². The lowest BCUT2D eigenvalue weighted by Gasteiger charge is -2.13. The predicted octanol–water partition coefficient (Wildman–Crippen LogP) is 4.84. The van der Waals surface area contributed by atoms with E-state index >= 15 is 0 Å². The zero-order valence-corrected chi connectivity index (χ0v) is 17.4. The van der Waals surface area contributed by atoms with E-state index in [1.807, 2.05) is 53.4 Å². The Kier molecular flexibility index (Phi) is 6.26. The van der Waals surface area contributed by atoms with Crippen molar-refractivity contribution in [2.24, 2.45) is 0 Å². The molecular weight excluding hydrogens is 420 g/mol. The van der Waals surface area contributed by atoms with E-state index in [2.05, 4.69) is 15.6 Å². The highest BCUT2D eigenvalue weighted by Crippen LogP contribution is 2.26. The maximum absolute atomic E-state index is 12.8. The van der Waals surface area contributed by atoms with Crippen LogP contribution in [-0.2, 0) is 4.79 Å². The molecule has 0 atom stereocenters. The number of ketones is 1. The number of nitrogens with zero attached hydrogens (tertiary/aromatic N) is 2. The number of hydrogen-bond acceptors (Lipinski definition) is 4. The van der Waals surface area contributed by atoms with Crippen molar-refractivity contribution in [2.75, 3.05) is 10.6 Å². The second-order valence-corrected chi connectivity index (χ2v) is 7.19. The molecule has 3 N–H and O–H groups in total. The summed E-state index contributed by atoms with van der Waals surface area (Å²) in [6, 6.07) is 21.0. The molecule has 8 heteroatoms. The van der Waals surface area contributed by atoms with Gasteiger partial charge >= 0.3 is 6.09 Å². The van der Waals surface area contributed by atoms with Crippen molar-refractivity contribution in [2.45, 2.75) is 6.42 Å². The molecular formula is C25H20N4O4. The zero-order chi connectivity index (χ0) is 23.2. The topological polar surface area (TPSA) is 113 Å². The predicted molar refractivity (Wildman–Crippen MR) is 125 cm³/mol. The monoisotopic (exact) mass is 440 g/mol. The lowest BCUT2D eigenvalue weighted by atomic mass is 10.0. The Hall–Kier alpha value is -4.72. The lowest BCUT2D eigenvalue weighted by molar-refractivity contribution is -0.115. The number of Topliss-reactive ketones (excluding diaryl/α,β-unsaturated/α-hetero) is 1. The van der Waals surface area contributed by atoms with Crippen molar-refractivity contribution in [3.8, 4) is 16.9 Å². The molecule has 0 saturated heterocycles. The Bertz CT molecular complexity index is 1300. The van der Waals surface area contributed by atoms with Crippen molar-refractivity contribution in [3.05, 3.63) is 97.0 Å². The van der Waals surface area contributed by atoms with Crippen LogP contribution in [0.15, 0.2) is 91.4 Å². The Morgan fingerprint density at radius 1 is 0.848 bits per heavy atom. The first-order valence-corrected chi connectivity index (χ1v) is 10.1. The van der Waals surface area contributed by atoms with E-state index in [1.165, 1.54) is 0 Å². The zero-order valence-electron chi connectivity index (χ0n) is 17.4. The molecule has 2 aromatic heterocycles. The molecule has 0 saturated carbocycles. The van der Waals surface area contributed by atoms with Crippen LogP contribution in [0.4, 0.5) is 16.2 Å². The van der Waals surface area contributed by atoms with Gasteiger partial charge in [0, 0.05) is 35.4 Å². The molecule has 0 bridgehead atoms. The normalized spacial score (nSPS) is 10.4. The fourth-order valence-corrected chi connectivity index (χ4v) is 3.35. The second-order valence-electron chi connectivity index (χ2n) is 7.19. The van der Waals surface area contributed by atoms with E-state index in [9.17, 15) is 14.4 Å². The second kappa shape index (κ2) is 9.61. The molecule has 0 aliphatic carbocycles. The minimum atomic E-state index is -1.26. The summed E-state index contributed by atoms with van der Waals surface area (Å²) in [5.41, 5.74) is 3.07. The highest BCUT2D eigenvalue weighted by Gasteiger charge is 2.16. The highest BCUT2D eigenvalue weighted by molar-refractivity contribution is 6.12. The van der Waals surface area contributed by atoms with Gasteiger partial charge in [-0.1, -0.05) is 24.3 Å². The number of carboxylic acid groups (broad SMARTS) is 1. The van der Waals surface area contributed by atoms with E-state index in [4.69, 9.17) is 5.11 Å². The SMILES string of the molecule is O=C(O)Nc1ccc(-n2cccc2)cc1NC(=O)CC(=O)c1cccc(-c2ccccn2)c1. The average Bonchev–Trinajstić information content (AvgIpc) is 3.35. The van der Waals surface area contributed by atoms with Crippen molar-refractivity contribution in [1.29, 1.82) is 0 Å². The number of carbonyl (C=O) groups excluding carboxylic acids is 2. The molecule has 0 aliphatic heterocycles. The molecule has 2 aromatic carbocycles. The third-order valence-corrected chi connectivity index (χ3v) is 4.89. The molecule has 0 radical (unpaired) electrons. The van der Waals surface area contributed by atoms with E-state index < -0.39 is 18.4 Å². The quantitative estimate of drug-likeness (QED) is 0.281. The summed E-state index contributed by atoms with van der Waals surface area (Å²) in [4.78, 5) is 40.8. The number of nitrogens with one attached hydrogen (secondary N) is 2. The summed E-state index contributed by atoms with van der Waals surface area (Å²) in [5.74, 6) is -0.916. The van der Waals surface area contributed by atoms with Crippen LogP contribution in [0, 0.1) is 0 Å². The molecule has 8 nitrogen and oxygen atoms in total. The van der Waals surface area contributed by atoms with Crippen LogP contribution < -0.4 is 10.6 Å². The van der Waals surface area contributed by atoms with E-state index in [0.29, 0.717) is 5.56 Å². The number of carbonyl (C=O) groups is 3. The summed E-state index contributed by atoms with van der Waals surface area (Å²) >= 11 is 0. The van der Waals surface area contributed by atoms with Crippen LogP contribution >= 0.6 is 0 Å². The molecule has 0 unspecified atom stereocenters. The Morgan fingerprint density at radius 3 is 2.39 bits per heavy atom. The molecule has 4 rings (SSSR count). The van der Waals surface area contributed by atoms with E-state index in [-0.39, 0.29) is 17.2 Å². The number of amides is 2. The molecule has 2 heterocycles. The summed E-state index contributed by atoms with van der Waals surface area (Å²) in [5, 5.41) is 14.0. The van der Waals surface area contributed by atoms with Crippen molar-refractivity contribution in [1.82, 2.24) is 9.55 Å². The molecule has 4 aromatic rings. The number of pyridine rings is 1. The average molecular weight is 440 g/mol. The Morgan fingerprint density at radius 2 is 1.67 bits per heavy atom. The van der Waals surface area contributed by atoms with Crippen LogP contribution in [0.3, 0.4) is 0 Å². The number of hydrogen-bond donors (Lipinski definition) is 3. The number of rotatable bonds is 7. The van der Waals surface area contributed by atoms with Gasteiger partial charge in [0.15, 0.2) is 5.78 Å². The molecule has 0 aliphatic rings. The van der Waals surface area contributed by atoms with Gasteiger partial charge in [-0.25, -0.2) is 4.79 Å². The summed E-state index contributed by atoms with van der Waals surface area (Å²) in [6.45, 7) is 0. The van der Waals surface area contributed by atoms with Crippen LogP contribution in [0.1, 0.15) is 16.8 Å². The lowest BCUT2D eigenvalue weighted by Crippen LogP contribution is -2.18. The van der Waals surface area contributed by atoms with Crippen molar-refractivity contribution >= 4 is 29.2 Å². The molecule has 0 fully saturated rings. The number of benzene rings is 2.